The standard InChI is InChI=1S/C18H16ClN5O2S2/c1-11-3-2-4-14(9-11)20-17-23-24-18(28-17)27-10-15(25)21-22-16(26)12-5-7-13(19)8-6-12/h2-9H,10H2,1H3,(H,20,23)(H,21,25)(H,22,26). The highest BCUT2D eigenvalue weighted by Gasteiger charge is 2.10. The zero-order valence-corrected chi connectivity index (χ0v) is 17.1. The van der Waals surface area contributed by atoms with E-state index in [0.717, 1.165) is 11.3 Å². The number of aryl methyl sites for hydroxylation is 1. The summed E-state index contributed by atoms with van der Waals surface area (Å²) in [6.45, 7) is 2.01. The number of rotatable bonds is 6. The molecule has 3 aromatic rings. The van der Waals surface area contributed by atoms with Gasteiger partial charge in [0.2, 0.25) is 11.0 Å². The molecule has 2 amide bonds. The van der Waals surface area contributed by atoms with Crippen LogP contribution in [0.2, 0.25) is 5.02 Å². The topological polar surface area (TPSA) is 96.0 Å². The molecule has 0 aliphatic heterocycles. The van der Waals surface area contributed by atoms with Gasteiger partial charge in [-0.15, -0.1) is 10.2 Å². The summed E-state index contributed by atoms with van der Waals surface area (Å²) in [4.78, 5) is 23.8. The molecule has 0 unspecified atom stereocenters. The van der Waals surface area contributed by atoms with Crippen LogP contribution < -0.4 is 16.2 Å². The zero-order valence-electron chi connectivity index (χ0n) is 14.7. The van der Waals surface area contributed by atoms with Crippen LogP contribution in [-0.4, -0.2) is 27.8 Å². The van der Waals surface area contributed by atoms with Crippen LogP contribution in [0, 0.1) is 6.92 Å². The van der Waals surface area contributed by atoms with Crippen LogP contribution in [0.5, 0.6) is 0 Å². The molecule has 0 fully saturated rings. The van der Waals surface area contributed by atoms with Crippen molar-refractivity contribution in [2.75, 3.05) is 11.1 Å². The van der Waals surface area contributed by atoms with Crippen molar-refractivity contribution in [3.05, 3.63) is 64.7 Å². The predicted molar refractivity (Wildman–Crippen MR) is 112 cm³/mol. The van der Waals surface area contributed by atoms with Crippen LogP contribution in [0.3, 0.4) is 0 Å². The number of nitrogens with one attached hydrogen (secondary N) is 3. The quantitative estimate of drug-likeness (QED) is 0.404. The lowest BCUT2D eigenvalue weighted by molar-refractivity contribution is -0.119. The van der Waals surface area contributed by atoms with E-state index in [1.807, 2.05) is 31.2 Å². The third kappa shape index (κ3) is 5.95. The molecule has 10 heteroatoms. The maximum Gasteiger partial charge on any atom is 0.269 e. The number of hydrogen-bond donors (Lipinski definition) is 3. The van der Waals surface area contributed by atoms with E-state index in [1.165, 1.54) is 23.1 Å². The van der Waals surface area contributed by atoms with Crippen molar-refractivity contribution >= 4 is 57.3 Å². The van der Waals surface area contributed by atoms with Crippen molar-refractivity contribution in [2.45, 2.75) is 11.3 Å². The van der Waals surface area contributed by atoms with Gasteiger partial charge in [0.05, 0.1) is 5.75 Å². The Morgan fingerprint density at radius 3 is 2.64 bits per heavy atom. The number of hydrogen-bond acceptors (Lipinski definition) is 7. The molecule has 3 rings (SSSR count). The van der Waals surface area contributed by atoms with Gasteiger partial charge in [0, 0.05) is 16.3 Å². The maximum absolute atomic E-state index is 11.9. The van der Waals surface area contributed by atoms with Crippen molar-refractivity contribution < 1.29 is 9.59 Å². The molecule has 0 saturated carbocycles. The van der Waals surface area contributed by atoms with Crippen LogP contribution in [0.15, 0.2) is 52.9 Å². The number of hydrazine groups is 1. The molecule has 7 nitrogen and oxygen atoms in total. The second kappa shape index (κ2) is 9.54. The summed E-state index contributed by atoms with van der Waals surface area (Å²) in [5.41, 5.74) is 7.19. The molecule has 0 bridgehead atoms. The highest BCUT2D eigenvalue weighted by atomic mass is 35.5. The van der Waals surface area contributed by atoms with Crippen molar-refractivity contribution in [3.63, 3.8) is 0 Å². The Morgan fingerprint density at radius 2 is 1.89 bits per heavy atom. The fraction of sp³-hybridized carbons (Fsp3) is 0.111. The minimum absolute atomic E-state index is 0.0972. The first-order valence-electron chi connectivity index (χ1n) is 8.14. The molecule has 0 aliphatic carbocycles. The Hall–Kier alpha value is -2.62. The smallest absolute Gasteiger partial charge is 0.269 e. The van der Waals surface area contributed by atoms with Gasteiger partial charge in [-0.25, -0.2) is 0 Å². The number of halogens is 1. The second-order valence-corrected chi connectivity index (χ2v) is 8.30. The molecule has 144 valence electrons. The number of benzene rings is 2. The average Bonchev–Trinajstić information content (AvgIpc) is 3.12. The van der Waals surface area contributed by atoms with Gasteiger partial charge in [-0.2, -0.15) is 0 Å². The van der Waals surface area contributed by atoms with Gasteiger partial charge in [0.15, 0.2) is 4.34 Å². The number of thioether (sulfide) groups is 1. The summed E-state index contributed by atoms with van der Waals surface area (Å²) in [7, 11) is 0. The van der Waals surface area contributed by atoms with Crippen LogP contribution in [-0.2, 0) is 4.79 Å². The monoisotopic (exact) mass is 433 g/mol. The van der Waals surface area contributed by atoms with Gasteiger partial charge in [-0.3, -0.25) is 20.4 Å². The Labute approximate surface area is 174 Å². The second-order valence-electron chi connectivity index (χ2n) is 5.67. The lowest BCUT2D eigenvalue weighted by Crippen LogP contribution is -2.42. The number of amides is 2. The van der Waals surface area contributed by atoms with E-state index in [-0.39, 0.29) is 11.7 Å². The van der Waals surface area contributed by atoms with Crippen molar-refractivity contribution in [2.24, 2.45) is 0 Å². The van der Waals surface area contributed by atoms with Crippen LogP contribution in [0.4, 0.5) is 10.8 Å². The van der Waals surface area contributed by atoms with E-state index in [1.54, 1.807) is 24.3 Å². The molecule has 0 saturated heterocycles. The molecular weight excluding hydrogens is 418 g/mol. The van der Waals surface area contributed by atoms with Gasteiger partial charge in [-0.05, 0) is 48.9 Å². The third-order valence-corrected chi connectivity index (χ3v) is 5.65. The van der Waals surface area contributed by atoms with Crippen LogP contribution >= 0.6 is 34.7 Å². The molecule has 1 aromatic heterocycles. The van der Waals surface area contributed by atoms with Crippen molar-refractivity contribution in [1.29, 1.82) is 0 Å². The van der Waals surface area contributed by atoms with E-state index in [2.05, 4.69) is 26.4 Å². The van der Waals surface area contributed by atoms with Gasteiger partial charge < -0.3 is 5.32 Å². The fourth-order valence-electron chi connectivity index (χ4n) is 2.13. The SMILES string of the molecule is Cc1cccc(Nc2nnc(SCC(=O)NNC(=O)c3ccc(Cl)cc3)s2)c1. The molecule has 28 heavy (non-hydrogen) atoms. The van der Waals surface area contributed by atoms with Crippen LogP contribution in [0.25, 0.3) is 0 Å². The number of anilines is 2. The lowest BCUT2D eigenvalue weighted by Gasteiger charge is -2.06. The summed E-state index contributed by atoms with van der Waals surface area (Å²) in [5, 5.41) is 12.5. The van der Waals surface area contributed by atoms with Gasteiger partial charge in [0.1, 0.15) is 0 Å². The minimum Gasteiger partial charge on any atom is -0.330 e. The highest BCUT2D eigenvalue weighted by molar-refractivity contribution is 8.01. The first-order valence-corrected chi connectivity index (χ1v) is 10.3. The average molecular weight is 434 g/mol. The van der Waals surface area contributed by atoms with E-state index >= 15 is 0 Å². The Morgan fingerprint density at radius 1 is 1.11 bits per heavy atom. The number of carbonyl (C=O) groups is 2. The summed E-state index contributed by atoms with van der Waals surface area (Å²) in [6.07, 6.45) is 0. The Bertz CT molecular complexity index is 978. The van der Waals surface area contributed by atoms with Crippen molar-refractivity contribution in [3.8, 4) is 0 Å². The molecule has 2 aromatic carbocycles. The van der Waals surface area contributed by atoms with E-state index in [9.17, 15) is 9.59 Å². The first-order chi connectivity index (χ1) is 13.5. The summed E-state index contributed by atoms with van der Waals surface area (Å²) >= 11 is 8.36. The minimum atomic E-state index is -0.421. The summed E-state index contributed by atoms with van der Waals surface area (Å²) in [5.74, 6) is -0.675. The zero-order chi connectivity index (χ0) is 19.9. The summed E-state index contributed by atoms with van der Waals surface area (Å²) < 4.78 is 0.648. The molecule has 3 N–H and O–H groups in total. The lowest BCUT2D eigenvalue weighted by atomic mass is 10.2. The Kier molecular flexibility index (Phi) is 6.85. The number of aromatic nitrogens is 2. The highest BCUT2D eigenvalue weighted by Crippen LogP contribution is 2.27. The number of carbonyl (C=O) groups excluding carboxylic acids is 2. The summed E-state index contributed by atoms with van der Waals surface area (Å²) in [6, 6.07) is 14.3. The fourth-order valence-corrected chi connectivity index (χ4v) is 3.83. The van der Waals surface area contributed by atoms with Gasteiger partial charge in [-0.1, -0.05) is 46.8 Å². The van der Waals surface area contributed by atoms with E-state index in [0.29, 0.717) is 20.1 Å². The molecule has 0 atom stereocenters. The van der Waals surface area contributed by atoms with E-state index in [4.69, 9.17) is 11.6 Å². The van der Waals surface area contributed by atoms with Crippen molar-refractivity contribution in [1.82, 2.24) is 21.0 Å². The third-order valence-electron chi connectivity index (χ3n) is 3.42. The maximum atomic E-state index is 11.9. The first kappa shape index (κ1) is 20.1. The Balaban J connectivity index is 1.44. The van der Waals surface area contributed by atoms with Gasteiger partial charge in [0.25, 0.3) is 5.91 Å². The molecule has 0 radical (unpaired) electrons. The normalized spacial score (nSPS) is 10.4. The van der Waals surface area contributed by atoms with E-state index < -0.39 is 5.91 Å². The number of nitrogens with zero attached hydrogens (tertiary/aromatic N) is 2. The largest absolute Gasteiger partial charge is 0.330 e. The molecular formula is C18H16ClN5O2S2. The molecule has 0 aliphatic rings. The molecule has 1 heterocycles. The van der Waals surface area contributed by atoms with Gasteiger partial charge >= 0.3 is 0 Å². The molecule has 0 spiro atoms. The predicted octanol–water partition coefficient (Wildman–Crippen LogP) is 3.80. The van der Waals surface area contributed by atoms with Crippen LogP contribution in [0.1, 0.15) is 15.9 Å².